The lowest BCUT2D eigenvalue weighted by Crippen LogP contribution is -2.33. The molecule has 0 fully saturated rings. The number of aromatic nitrogens is 2. The van der Waals surface area contributed by atoms with E-state index in [1.165, 1.54) is 4.90 Å². The number of anilines is 1. The Balaban J connectivity index is 1.89. The number of nitrogens with one attached hydrogen (secondary N) is 2. The number of amides is 2. The first-order valence-corrected chi connectivity index (χ1v) is 8.80. The van der Waals surface area contributed by atoms with E-state index in [1.807, 2.05) is 38.1 Å². The summed E-state index contributed by atoms with van der Waals surface area (Å²) in [5.41, 5.74) is 2.64. The number of nitrogens with zero attached hydrogens (tertiary/aromatic N) is 2. The van der Waals surface area contributed by atoms with Gasteiger partial charge in [-0.1, -0.05) is 25.1 Å². The molecule has 2 rings (SSSR count). The second kappa shape index (κ2) is 9.72. The van der Waals surface area contributed by atoms with Gasteiger partial charge in [-0.2, -0.15) is 0 Å². The van der Waals surface area contributed by atoms with E-state index in [9.17, 15) is 14.7 Å². The van der Waals surface area contributed by atoms with Crippen LogP contribution in [-0.2, 0) is 22.6 Å². The molecule has 7 nitrogen and oxygen atoms in total. The van der Waals surface area contributed by atoms with Gasteiger partial charge < -0.3 is 20.3 Å². The van der Waals surface area contributed by atoms with E-state index in [2.05, 4.69) is 15.3 Å². The van der Waals surface area contributed by atoms with E-state index < -0.39 is 0 Å². The zero-order chi connectivity index (χ0) is 18.9. The largest absolute Gasteiger partial charge is 0.395 e. The summed E-state index contributed by atoms with van der Waals surface area (Å²) >= 11 is 0. The number of H-pyrrole nitrogens is 1. The maximum Gasteiger partial charge on any atom is 0.224 e. The molecule has 0 aliphatic heterocycles. The van der Waals surface area contributed by atoms with Gasteiger partial charge in [0.1, 0.15) is 5.82 Å². The summed E-state index contributed by atoms with van der Waals surface area (Å²) < 4.78 is 0. The third-order valence-electron chi connectivity index (χ3n) is 4.08. The van der Waals surface area contributed by atoms with Crippen LogP contribution < -0.4 is 5.32 Å². The SMILES string of the molecule is CCc1ccccc1NC(=O)CCC(=O)N(CCO)Cc1cnc(C)[nH]1. The zero-order valence-corrected chi connectivity index (χ0v) is 15.3. The normalized spacial score (nSPS) is 10.6. The number of imidazole rings is 1. The first-order valence-electron chi connectivity index (χ1n) is 8.80. The van der Waals surface area contributed by atoms with Gasteiger partial charge in [-0.25, -0.2) is 4.98 Å². The first-order chi connectivity index (χ1) is 12.5. The number of aromatic amines is 1. The van der Waals surface area contributed by atoms with E-state index in [0.717, 1.165) is 29.2 Å². The van der Waals surface area contributed by atoms with E-state index >= 15 is 0 Å². The number of aliphatic hydroxyl groups is 1. The maximum absolute atomic E-state index is 12.4. The molecule has 0 saturated heterocycles. The third kappa shape index (κ3) is 5.70. The molecule has 140 valence electrons. The quantitative estimate of drug-likeness (QED) is 0.639. The van der Waals surface area contributed by atoms with Crippen LogP contribution in [0, 0.1) is 6.92 Å². The Kier molecular flexibility index (Phi) is 7.35. The molecule has 0 atom stereocenters. The molecule has 1 heterocycles. The molecule has 7 heteroatoms. The predicted octanol–water partition coefficient (Wildman–Crippen LogP) is 2.02. The highest BCUT2D eigenvalue weighted by Crippen LogP contribution is 2.16. The summed E-state index contributed by atoms with van der Waals surface area (Å²) in [5.74, 6) is 0.399. The van der Waals surface area contributed by atoms with Crippen LogP contribution in [0.2, 0.25) is 0 Å². The maximum atomic E-state index is 12.4. The minimum atomic E-state index is -0.194. The van der Waals surface area contributed by atoms with Gasteiger partial charge in [0.05, 0.1) is 25.0 Å². The number of rotatable bonds is 9. The average Bonchev–Trinajstić information content (AvgIpc) is 3.04. The van der Waals surface area contributed by atoms with Crippen LogP contribution in [0.15, 0.2) is 30.5 Å². The predicted molar refractivity (Wildman–Crippen MR) is 99.5 cm³/mol. The molecule has 0 aliphatic rings. The summed E-state index contributed by atoms with van der Waals surface area (Å²) in [7, 11) is 0. The Hall–Kier alpha value is -2.67. The standard InChI is InChI=1S/C19H26N4O3/c1-3-15-6-4-5-7-17(15)22-18(25)8-9-19(26)23(10-11-24)13-16-12-20-14(2)21-16/h4-7,12,24H,3,8-11,13H2,1-2H3,(H,20,21)(H,22,25). The van der Waals surface area contributed by atoms with E-state index in [1.54, 1.807) is 6.20 Å². The Labute approximate surface area is 153 Å². The number of benzene rings is 1. The molecule has 2 amide bonds. The van der Waals surface area contributed by atoms with Gasteiger partial charge in [0.15, 0.2) is 0 Å². The summed E-state index contributed by atoms with van der Waals surface area (Å²) in [6.07, 6.45) is 2.68. The first kappa shape index (κ1) is 19.7. The number of aliphatic hydroxyl groups excluding tert-OH is 1. The smallest absolute Gasteiger partial charge is 0.224 e. The molecule has 1 aromatic carbocycles. The lowest BCUT2D eigenvalue weighted by Gasteiger charge is -2.21. The number of aryl methyl sites for hydroxylation is 2. The minimum Gasteiger partial charge on any atom is -0.395 e. The van der Waals surface area contributed by atoms with Gasteiger partial charge in [0.2, 0.25) is 11.8 Å². The van der Waals surface area contributed by atoms with Crippen molar-refractivity contribution in [2.24, 2.45) is 0 Å². The van der Waals surface area contributed by atoms with Crippen LogP contribution in [0.25, 0.3) is 0 Å². The number of carbonyl (C=O) groups excluding carboxylic acids is 2. The number of carbonyl (C=O) groups is 2. The van der Waals surface area contributed by atoms with Crippen molar-refractivity contribution in [1.29, 1.82) is 0 Å². The minimum absolute atomic E-state index is 0.0905. The van der Waals surface area contributed by atoms with E-state index in [-0.39, 0.29) is 37.8 Å². The Morgan fingerprint density at radius 2 is 2.04 bits per heavy atom. The van der Waals surface area contributed by atoms with E-state index in [0.29, 0.717) is 6.54 Å². The topological polar surface area (TPSA) is 98.3 Å². The molecule has 0 radical (unpaired) electrons. The van der Waals surface area contributed by atoms with Crippen molar-refractivity contribution < 1.29 is 14.7 Å². The second-order valence-corrected chi connectivity index (χ2v) is 6.09. The van der Waals surface area contributed by atoms with Crippen LogP contribution in [-0.4, -0.2) is 44.9 Å². The van der Waals surface area contributed by atoms with Crippen molar-refractivity contribution in [1.82, 2.24) is 14.9 Å². The fraction of sp³-hybridized carbons (Fsp3) is 0.421. The molecule has 26 heavy (non-hydrogen) atoms. The molecular weight excluding hydrogens is 332 g/mol. The number of hydrogen-bond donors (Lipinski definition) is 3. The van der Waals surface area contributed by atoms with Gasteiger partial charge in [-0.15, -0.1) is 0 Å². The van der Waals surface area contributed by atoms with E-state index in [4.69, 9.17) is 0 Å². The highest BCUT2D eigenvalue weighted by molar-refractivity contribution is 5.93. The highest BCUT2D eigenvalue weighted by Gasteiger charge is 2.16. The Bertz CT molecular complexity index is 742. The Morgan fingerprint density at radius 1 is 1.27 bits per heavy atom. The fourth-order valence-corrected chi connectivity index (χ4v) is 2.71. The van der Waals surface area contributed by atoms with Crippen molar-refractivity contribution in [3.8, 4) is 0 Å². The zero-order valence-electron chi connectivity index (χ0n) is 15.3. The molecule has 1 aromatic heterocycles. The van der Waals surface area contributed by atoms with Crippen LogP contribution >= 0.6 is 0 Å². The number of para-hydroxylation sites is 1. The summed E-state index contributed by atoms with van der Waals surface area (Å²) in [6, 6.07) is 7.63. The molecule has 0 aliphatic carbocycles. The van der Waals surface area contributed by atoms with Crippen molar-refractivity contribution in [3.05, 3.63) is 47.5 Å². The monoisotopic (exact) mass is 358 g/mol. The van der Waals surface area contributed by atoms with Gasteiger partial charge in [-0.3, -0.25) is 9.59 Å². The van der Waals surface area contributed by atoms with Gasteiger partial charge in [0.25, 0.3) is 0 Å². The van der Waals surface area contributed by atoms with Crippen molar-refractivity contribution >= 4 is 17.5 Å². The van der Waals surface area contributed by atoms with Gasteiger partial charge in [-0.05, 0) is 25.0 Å². The van der Waals surface area contributed by atoms with Crippen LogP contribution in [0.4, 0.5) is 5.69 Å². The van der Waals surface area contributed by atoms with Gasteiger partial charge in [0, 0.05) is 25.1 Å². The number of hydrogen-bond acceptors (Lipinski definition) is 4. The van der Waals surface area contributed by atoms with Crippen molar-refractivity contribution in [2.45, 2.75) is 39.7 Å². The lowest BCUT2D eigenvalue weighted by molar-refractivity contribution is -0.134. The summed E-state index contributed by atoms with van der Waals surface area (Å²) in [5, 5.41) is 12.1. The van der Waals surface area contributed by atoms with Crippen LogP contribution in [0.1, 0.15) is 36.8 Å². The van der Waals surface area contributed by atoms with Crippen molar-refractivity contribution in [3.63, 3.8) is 0 Å². The van der Waals surface area contributed by atoms with Gasteiger partial charge >= 0.3 is 0 Å². The Morgan fingerprint density at radius 3 is 2.69 bits per heavy atom. The van der Waals surface area contributed by atoms with Crippen LogP contribution in [0.3, 0.4) is 0 Å². The third-order valence-corrected chi connectivity index (χ3v) is 4.08. The molecule has 0 bridgehead atoms. The van der Waals surface area contributed by atoms with Crippen molar-refractivity contribution in [2.75, 3.05) is 18.5 Å². The molecule has 2 aromatic rings. The summed E-state index contributed by atoms with van der Waals surface area (Å²) in [4.78, 5) is 33.3. The average molecular weight is 358 g/mol. The summed E-state index contributed by atoms with van der Waals surface area (Å²) in [6.45, 7) is 4.28. The molecule has 0 spiro atoms. The molecule has 0 saturated carbocycles. The highest BCUT2D eigenvalue weighted by atomic mass is 16.3. The molecule has 0 unspecified atom stereocenters. The second-order valence-electron chi connectivity index (χ2n) is 6.09. The molecular formula is C19H26N4O3. The lowest BCUT2D eigenvalue weighted by atomic mass is 10.1. The fourth-order valence-electron chi connectivity index (χ4n) is 2.71. The molecule has 3 N–H and O–H groups in total. The van der Waals surface area contributed by atoms with Crippen LogP contribution in [0.5, 0.6) is 0 Å².